The van der Waals surface area contributed by atoms with Crippen LogP contribution in [-0.2, 0) is 13.1 Å². The average molecular weight is 495 g/mol. The molecule has 3 aromatic rings. The number of aromatic nitrogens is 2. The molecular weight excluding hydrogens is 468 g/mol. The van der Waals surface area contributed by atoms with Gasteiger partial charge in [-0.15, -0.1) is 24.0 Å². The second-order valence-electron chi connectivity index (χ2n) is 6.61. The Balaban J connectivity index is 0.00000280. The van der Waals surface area contributed by atoms with E-state index in [1.165, 1.54) is 11.6 Å². The Morgan fingerprint density at radius 1 is 1.21 bits per heavy atom. The number of fused-ring (bicyclic) bond motifs is 1. The normalized spacial score (nSPS) is 11.4. The van der Waals surface area contributed by atoms with Crippen LogP contribution in [0.3, 0.4) is 0 Å². The van der Waals surface area contributed by atoms with Gasteiger partial charge in [0.2, 0.25) is 0 Å². The molecule has 5 nitrogen and oxygen atoms in total. The van der Waals surface area contributed by atoms with E-state index in [2.05, 4.69) is 25.9 Å². The molecule has 0 saturated heterocycles. The number of hydrogen-bond donors (Lipinski definition) is 1. The Hall–Kier alpha value is -2.16. The Morgan fingerprint density at radius 2 is 2.00 bits per heavy atom. The SMILES string of the molecule is CN=C(NCCCn1c(C)nc2ccccc21)N(C)Cc1cccc(F)c1.I. The molecule has 0 spiro atoms. The van der Waals surface area contributed by atoms with Crippen LogP contribution in [0.15, 0.2) is 53.5 Å². The zero-order chi connectivity index (χ0) is 19.2. The number of benzene rings is 2. The van der Waals surface area contributed by atoms with Gasteiger partial charge in [-0.05, 0) is 43.2 Å². The van der Waals surface area contributed by atoms with E-state index in [4.69, 9.17) is 0 Å². The first-order valence-electron chi connectivity index (χ1n) is 9.16. The lowest BCUT2D eigenvalue weighted by atomic mass is 10.2. The van der Waals surface area contributed by atoms with E-state index in [9.17, 15) is 4.39 Å². The average Bonchev–Trinajstić information content (AvgIpc) is 2.97. The van der Waals surface area contributed by atoms with Crippen molar-refractivity contribution in [1.29, 1.82) is 0 Å². The number of nitrogens with zero attached hydrogens (tertiary/aromatic N) is 4. The van der Waals surface area contributed by atoms with Crippen molar-refractivity contribution in [3.8, 4) is 0 Å². The Kier molecular flexibility index (Phi) is 8.22. The fourth-order valence-electron chi connectivity index (χ4n) is 3.28. The summed E-state index contributed by atoms with van der Waals surface area (Å²) in [7, 11) is 3.71. The molecule has 0 amide bonds. The van der Waals surface area contributed by atoms with Crippen molar-refractivity contribution in [3.63, 3.8) is 0 Å². The molecule has 0 aliphatic carbocycles. The Morgan fingerprint density at radius 3 is 2.75 bits per heavy atom. The molecular formula is C21H27FIN5. The van der Waals surface area contributed by atoms with E-state index >= 15 is 0 Å². The summed E-state index contributed by atoms with van der Waals surface area (Å²) in [6.07, 6.45) is 0.952. The third-order valence-electron chi connectivity index (χ3n) is 4.57. The highest BCUT2D eigenvalue weighted by molar-refractivity contribution is 14.0. The lowest BCUT2D eigenvalue weighted by molar-refractivity contribution is 0.471. The summed E-state index contributed by atoms with van der Waals surface area (Å²) < 4.78 is 15.6. The summed E-state index contributed by atoms with van der Waals surface area (Å²) in [5, 5.41) is 3.38. The highest BCUT2D eigenvalue weighted by Gasteiger charge is 2.08. The van der Waals surface area contributed by atoms with Crippen molar-refractivity contribution in [2.45, 2.75) is 26.4 Å². The smallest absolute Gasteiger partial charge is 0.193 e. The van der Waals surface area contributed by atoms with Crippen LogP contribution in [0.1, 0.15) is 17.8 Å². The predicted molar refractivity (Wildman–Crippen MR) is 124 cm³/mol. The first kappa shape index (κ1) is 22.1. The highest BCUT2D eigenvalue weighted by Crippen LogP contribution is 2.15. The van der Waals surface area contributed by atoms with Crippen LogP contribution < -0.4 is 5.32 Å². The molecule has 7 heteroatoms. The summed E-state index contributed by atoms with van der Waals surface area (Å²) in [4.78, 5) is 10.9. The fourth-order valence-corrected chi connectivity index (χ4v) is 3.28. The maximum Gasteiger partial charge on any atom is 0.193 e. The molecule has 0 fully saturated rings. The van der Waals surface area contributed by atoms with E-state index in [1.54, 1.807) is 19.2 Å². The van der Waals surface area contributed by atoms with E-state index in [0.717, 1.165) is 42.4 Å². The number of rotatable bonds is 6. The molecule has 28 heavy (non-hydrogen) atoms. The molecule has 150 valence electrons. The quantitative estimate of drug-likeness (QED) is 0.241. The van der Waals surface area contributed by atoms with Gasteiger partial charge in [-0.1, -0.05) is 24.3 Å². The highest BCUT2D eigenvalue weighted by atomic mass is 127. The van der Waals surface area contributed by atoms with Gasteiger partial charge in [0.05, 0.1) is 11.0 Å². The molecule has 0 bridgehead atoms. The lowest BCUT2D eigenvalue weighted by Gasteiger charge is -2.22. The molecule has 0 saturated carbocycles. The van der Waals surface area contributed by atoms with Gasteiger partial charge in [0, 0.05) is 33.7 Å². The number of guanidine groups is 1. The second kappa shape index (κ2) is 10.4. The summed E-state index contributed by atoms with van der Waals surface area (Å²) in [5.41, 5.74) is 3.12. The van der Waals surface area contributed by atoms with Crippen molar-refractivity contribution in [3.05, 3.63) is 65.7 Å². The van der Waals surface area contributed by atoms with Crippen LogP contribution in [0, 0.1) is 12.7 Å². The van der Waals surface area contributed by atoms with Crippen LogP contribution in [0.5, 0.6) is 0 Å². The molecule has 0 atom stereocenters. The van der Waals surface area contributed by atoms with Crippen LogP contribution in [0.4, 0.5) is 4.39 Å². The molecule has 2 aromatic carbocycles. The van der Waals surface area contributed by atoms with E-state index in [1.807, 2.05) is 43.1 Å². The fraction of sp³-hybridized carbons (Fsp3) is 0.333. The summed E-state index contributed by atoms with van der Waals surface area (Å²) >= 11 is 0. The summed E-state index contributed by atoms with van der Waals surface area (Å²) in [6, 6.07) is 14.9. The Bertz CT molecular complexity index is 937. The third kappa shape index (κ3) is 5.43. The van der Waals surface area contributed by atoms with E-state index in [0.29, 0.717) is 6.54 Å². The van der Waals surface area contributed by atoms with Crippen LogP contribution in [0.25, 0.3) is 11.0 Å². The molecule has 3 rings (SSSR count). The van der Waals surface area contributed by atoms with Crippen molar-refractivity contribution in [2.24, 2.45) is 4.99 Å². The monoisotopic (exact) mass is 495 g/mol. The zero-order valence-electron chi connectivity index (χ0n) is 16.5. The zero-order valence-corrected chi connectivity index (χ0v) is 18.9. The van der Waals surface area contributed by atoms with Crippen molar-refractivity contribution in [2.75, 3.05) is 20.6 Å². The van der Waals surface area contributed by atoms with E-state index < -0.39 is 0 Å². The van der Waals surface area contributed by atoms with Gasteiger partial charge in [0.15, 0.2) is 5.96 Å². The van der Waals surface area contributed by atoms with Crippen LogP contribution in [0.2, 0.25) is 0 Å². The molecule has 1 aromatic heterocycles. The van der Waals surface area contributed by atoms with Gasteiger partial charge in [0.1, 0.15) is 11.6 Å². The minimum Gasteiger partial charge on any atom is -0.356 e. The van der Waals surface area contributed by atoms with Gasteiger partial charge in [0.25, 0.3) is 0 Å². The van der Waals surface area contributed by atoms with Gasteiger partial charge in [-0.25, -0.2) is 9.37 Å². The van der Waals surface area contributed by atoms with Gasteiger partial charge in [-0.2, -0.15) is 0 Å². The van der Waals surface area contributed by atoms with Crippen molar-refractivity contribution < 1.29 is 4.39 Å². The minimum atomic E-state index is -0.216. The second-order valence-corrected chi connectivity index (χ2v) is 6.61. The number of aryl methyl sites for hydroxylation is 2. The first-order chi connectivity index (χ1) is 13.1. The topological polar surface area (TPSA) is 45.5 Å². The van der Waals surface area contributed by atoms with Crippen LogP contribution >= 0.6 is 24.0 Å². The predicted octanol–water partition coefficient (Wildman–Crippen LogP) is 4.20. The molecule has 1 heterocycles. The van der Waals surface area contributed by atoms with Crippen molar-refractivity contribution >= 4 is 41.0 Å². The Labute approximate surface area is 182 Å². The lowest BCUT2D eigenvalue weighted by Crippen LogP contribution is -2.39. The molecule has 0 aliphatic heterocycles. The van der Waals surface area contributed by atoms with Crippen molar-refractivity contribution in [1.82, 2.24) is 19.8 Å². The molecule has 1 N–H and O–H groups in total. The molecule has 0 aliphatic rings. The van der Waals surface area contributed by atoms with Gasteiger partial charge in [-0.3, -0.25) is 4.99 Å². The third-order valence-corrected chi connectivity index (χ3v) is 4.57. The molecule has 0 unspecified atom stereocenters. The number of aliphatic imine (C=N–C) groups is 1. The van der Waals surface area contributed by atoms with E-state index in [-0.39, 0.29) is 29.8 Å². The largest absolute Gasteiger partial charge is 0.356 e. The maximum absolute atomic E-state index is 13.4. The van der Waals surface area contributed by atoms with Crippen LogP contribution in [-0.4, -0.2) is 41.1 Å². The number of hydrogen-bond acceptors (Lipinski definition) is 2. The minimum absolute atomic E-state index is 0. The van der Waals surface area contributed by atoms with Gasteiger partial charge >= 0.3 is 0 Å². The number of halogens is 2. The number of nitrogens with one attached hydrogen (secondary N) is 1. The standard InChI is InChI=1S/C21H26FN5.HI/c1-16-25-19-10-4-5-11-20(19)27(16)13-7-12-24-21(23-2)26(3)15-17-8-6-9-18(22)14-17;/h4-6,8-11,14H,7,12-13,15H2,1-3H3,(H,23,24);1H. The molecule has 0 radical (unpaired) electrons. The maximum atomic E-state index is 13.4. The summed E-state index contributed by atoms with van der Waals surface area (Å²) in [5.74, 6) is 1.61. The summed E-state index contributed by atoms with van der Waals surface area (Å²) in [6.45, 7) is 4.33. The number of imidazole rings is 1. The first-order valence-corrected chi connectivity index (χ1v) is 9.16. The number of para-hydroxylation sites is 2. The van der Waals surface area contributed by atoms with Gasteiger partial charge < -0.3 is 14.8 Å².